The second kappa shape index (κ2) is 3.91. The molecule has 3 rings (SSSR count). The Hall–Kier alpha value is -1.78. The van der Waals surface area contributed by atoms with E-state index in [9.17, 15) is 0 Å². The molecule has 2 heterocycles. The molecular weight excluding hydrogens is 214 g/mol. The number of hydrogen-bond acceptors (Lipinski definition) is 4. The van der Waals surface area contributed by atoms with E-state index in [1.54, 1.807) is 6.20 Å². The maximum Gasteiger partial charge on any atom is 0.180 e. The highest BCUT2D eigenvalue weighted by molar-refractivity contribution is 5.65. The molecule has 1 atom stereocenters. The molecule has 5 heteroatoms. The van der Waals surface area contributed by atoms with Gasteiger partial charge in [0, 0.05) is 25.5 Å². The molecule has 5 nitrogen and oxygen atoms in total. The number of anilines is 2. The van der Waals surface area contributed by atoms with Crippen molar-refractivity contribution in [3.05, 3.63) is 18.6 Å². The number of nitrogens with zero attached hydrogens (tertiary/aromatic N) is 3. The fraction of sp³-hybridized carbons (Fsp3) is 0.500. The Kier molecular flexibility index (Phi) is 2.39. The SMILES string of the molecule is CNc1cn2ccnc2c(NC(C)C2CC2)n1. The third kappa shape index (κ3) is 1.92. The van der Waals surface area contributed by atoms with Gasteiger partial charge in [-0.05, 0) is 25.7 Å². The minimum Gasteiger partial charge on any atom is -0.372 e. The van der Waals surface area contributed by atoms with E-state index >= 15 is 0 Å². The van der Waals surface area contributed by atoms with Crippen LogP contribution in [0.5, 0.6) is 0 Å². The van der Waals surface area contributed by atoms with Gasteiger partial charge in [-0.2, -0.15) is 0 Å². The quantitative estimate of drug-likeness (QED) is 0.845. The van der Waals surface area contributed by atoms with Gasteiger partial charge in [-0.3, -0.25) is 0 Å². The minimum atomic E-state index is 0.468. The van der Waals surface area contributed by atoms with Crippen molar-refractivity contribution in [2.24, 2.45) is 5.92 Å². The van der Waals surface area contributed by atoms with E-state index in [2.05, 4.69) is 27.5 Å². The van der Waals surface area contributed by atoms with E-state index in [0.717, 1.165) is 23.2 Å². The van der Waals surface area contributed by atoms with E-state index in [1.165, 1.54) is 12.8 Å². The maximum atomic E-state index is 4.54. The molecule has 2 aromatic heterocycles. The molecule has 0 spiro atoms. The first kappa shape index (κ1) is 10.4. The van der Waals surface area contributed by atoms with E-state index in [1.807, 2.05) is 23.8 Å². The lowest BCUT2D eigenvalue weighted by molar-refractivity contribution is 0.691. The Balaban J connectivity index is 1.97. The van der Waals surface area contributed by atoms with Crippen molar-refractivity contribution in [3.8, 4) is 0 Å². The molecule has 0 bridgehead atoms. The third-order valence-corrected chi connectivity index (χ3v) is 3.32. The standard InChI is InChI=1S/C12H17N5/c1-8(9-3-4-9)15-11-12-14-5-6-17(12)7-10(13-2)16-11/h5-9,13H,3-4H2,1-2H3,(H,15,16). The molecule has 90 valence electrons. The topological polar surface area (TPSA) is 54.2 Å². The van der Waals surface area contributed by atoms with Gasteiger partial charge in [-0.1, -0.05) is 0 Å². The van der Waals surface area contributed by atoms with Crippen LogP contribution in [0.25, 0.3) is 5.65 Å². The zero-order valence-electron chi connectivity index (χ0n) is 10.1. The summed E-state index contributed by atoms with van der Waals surface area (Å²) in [7, 11) is 1.87. The van der Waals surface area contributed by atoms with Crippen LogP contribution in [0.2, 0.25) is 0 Å². The van der Waals surface area contributed by atoms with Crippen molar-refractivity contribution >= 4 is 17.3 Å². The molecule has 1 saturated carbocycles. The fourth-order valence-corrected chi connectivity index (χ4v) is 2.08. The molecule has 1 fully saturated rings. The number of rotatable bonds is 4. The van der Waals surface area contributed by atoms with Crippen molar-refractivity contribution in [2.45, 2.75) is 25.8 Å². The van der Waals surface area contributed by atoms with E-state index in [4.69, 9.17) is 0 Å². The largest absolute Gasteiger partial charge is 0.372 e. The minimum absolute atomic E-state index is 0.468. The Morgan fingerprint density at radius 3 is 3.00 bits per heavy atom. The van der Waals surface area contributed by atoms with Crippen LogP contribution in [0.1, 0.15) is 19.8 Å². The molecule has 1 aliphatic carbocycles. The smallest absolute Gasteiger partial charge is 0.180 e. The van der Waals surface area contributed by atoms with Crippen LogP contribution in [0, 0.1) is 5.92 Å². The number of fused-ring (bicyclic) bond motifs is 1. The van der Waals surface area contributed by atoms with Crippen molar-refractivity contribution in [1.29, 1.82) is 0 Å². The summed E-state index contributed by atoms with van der Waals surface area (Å²) in [5.74, 6) is 2.51. The molecule has 0 radical (unpaired) electrons. The van der Waals surface area contributed by atoms with Gasteiger partial charge in [0.25, 0.3) is 0 Å². The lowest BCUT2D eigenvalue weighted by Crippen LogP contribution is -2.19. The Morgan fingerprint density at radius 2 is 2.29 bits per heavy atom. The normalized spacial score (nSPS) is 17.1. The predicted molar refractivity (Wildman–Crippen MR) is 68.3 cm³/mol. The third-order valence-electron chi connectivity index (χ3n) is 3.32. The first-order chi connectivity index (χ1) is 8.28. The maximum absolute atomic E-state index is 4.54. The van der Waals surface area contributed by atoms with Gasteiger partial charge in [0.1, 0.15) is 5.82 Å². The van der Waals surface area contributed by atoms with Crippen LogP contribution in [-0.2, 0) is 0 Å². The first-order valence-corrected chi connectivity index (χ1v) is 6.06. The molecular formula is C12H17N5. The summed E-state index contributed by atoms with van der Waals surface area (Å²) in [5.41, 5.74) is 0.886. The average Bonchev–Trinajstić information content (AvgIpc) is 3.07. The van der Waals surface area contributed by atoms with Crippen molar-refractivity contribution < 1.29 is 0 Å². The fourth-order valence-electron chi connectivity index (χ4n) is 2.08. The highest BCUT2D eigenvalue weighted by atomic mass is 15.1. The lowest BCUT2D eigenvalue weighted by Gasteiger charge is -2.15. The molecule has 0 aliphatic heterocycles. The average molecular weight is 231 g/mol. The Labute approximate surface area is 100 Å². The van der Waals surface area contributed by atoms with Crippen molar-refractivity contribution in [3.63, 3.8) is 0 Å². The summed E-state index contributed by atoms with van der Waals surface area (Å²) in [5, 5.41) is 6.54. The molecule has 0 aromatic carbocycles. The van der Waals surface area contributed by atoms with Gasteiger partial charge >= 0.3 is 0 Å². The second-order valence-electron chi connectivity index (χ2n) is 4.65. The molecule has 2 aromatic rings. The Morgan fingerprint density at radius 1 is 1.47 bits per heavy atom. The lowest BCUT2D eigenvalue weighted by atomic mass is 10.2. The number of imidazole rings is 1. The van der Waals surface area contributed by atoms with Gasteiger partial charge in [-0.25, -0.2) is 9.97 Å². The van der Waals surface area contributed by atoms with Crippen molar-refractivity contribution in [1.82, 2.24) is 14.4 Å². The van der Waals surface area contributed by atoms with Crippen molar-refractivity contribution in [2.75, 3.05) is 17.7 Å². The van der Waals surface area contributed by atoms with Crippen LogP contribution in [0.4, 0.5) is 11.6 Å². The molecule has 2 N–H and O–H groups in total. The molecule has 0 amide bonds. The highest BCUT2D eigenvalue weighted by Gasteiger charge is 2.28. The number of aromatic nitrogens is 3. The first-order valence-electron chi connectivity index (χ1n) is 6.06. The summed E-state index contributed by atoms with van der Waals surface area (Å²) >= 11 is 0. The van der Waals surface area contributed by atoms with Gasteiger partial charge in [0.05, 0.1) is 6.20 Å². The molecule has 0 saturated heterocycles. The zero-order chi connectivity index (χ0) is 11.8. The van der Waals surface area contributed by atoms with Crippen LogP contribution >= 0.6 is 0 Å². The van der Waals surface area contributed by atoms with Gasteiger partial charge in [0.15, 0.2) is 11.5 Å². The predicted octanol–water partition coefficient (Wildman–Crippen LogP) is 1.98. The summed E-state index contributed by atoms with van der Waals surface area (Å²) < 4.78 is 1.99. The van der Waals surface area contributed by atoms with E-state index in [0.29, 0.717) is 6.04 Å². The zero-order valence-corrected chi connectivity index (χ0v) is 10.1. The van der Waals surface area contributed by atoms with Gasteiger partial charge in [-0.15, -0.1) is 0 Å². The molecule has 1 unspecified atom stereocenters. The van der Waals surface area contributed by atoms with Crippen LogP contribution < -0.4 is 10.6 Å². The monoisotopic (exact) mass is 231 g/mol. The second-order valence-corrected chi connectivity index (χ2v) is 4.65. The summed E-state index contributed by atoms with van der Waals surface area (Å²) in [6.07, 6.45) is 8.32. The van der Waals surface area contributed by atoms with Gasteiger partial charge < -0.3 is 15.0 Å². The molecule has 1 aliphatic rings. The summed E-state index contributed by atoms with van der Waals surface area (Å²) in [6, 6.07) is 0.468. The van der Waals surface area contributed by atoms with Crippen LogP contribution in [0.15, 0.2) is 18.6 Å². The van der Waals surface area contributed by atoms with E-state index in [-0.39, 0.29) is 0 Å². The Bertz CT molecular complexity index is 529. The van der Waals surface area contributed by atoms with Crippen LogP contribution in [-0.4, -0.2) is 27.5 Å². The van der Waals surface area contributed by atoms with E-state index < -0.39 is 0 Å². The molecule has 17 heavy (non-hydrogen) atoms. The summed E-state index contributed by atoms with van der Waals surface area (Å²) in [6.45, 7) is 2.21. The summed E-state index contributed by atoms with van der Waals surface area (Å²) in [4.78, 5) is 8.87. The number of nitrogens with one attached hydrogen (secondary N) is 2. The van der Waals surface area contributed by atoms with Crippen LogP contribution in [0.3, 0.4) is 0 Å². The highest BCUT2D eigenvalue weighted by Crippen LogP contribution is 2.34. The number of hydrogen-bond donors (Lipinski definition) is 2. The van der Waals surface area contributed by atoms with Gasteiger partial charge in [0.2, 0.25) is 0 Å².